The molecule has 3 heteroatoms. The molecule has 0 saturated carbocycles. The summed E-state index contributed by atoms with van der Waals surface area (Å²) in [6, 6.07) is 8.95. The first kappa shape index (κ1) is 12.3. The van der Waals surface area contributed by atoms with Gasteiger partial charge in [-0.25, -0.2) is 0 Å². The van der Waals surface area contributed by atoms with Crippen LogP contribution in [0.5, 0.6) is 0 Å². The molecule has 0 saturated heterocycles. The summed E-state index contributed by atoms with van der Waals surface area (Å²) in [5.41, 5.74) is 2.30. The van der Waals surface area contributed by atoms with Gasteiger partial charge in [0.05, 0.1) is 0 Å². The second-order valence-electron chi connectivity index (χ2n) is 4.36. The maximum Gasteiger partial charge on any atom is 0.0388 e. The van der Waals surface area contributed by atoms with Crippen LogP contribution in [0.1, 0.15) is 34.0 Å². The van der Waals surface area contributed by atoms with Crippen LogP contribution >= 0.6 is 11.3 Å². The topological polar surface area (TPSA) is 24.9 Å². The van der Waals surface area contributed by atoms with Gasteiger partial charge < -0.3 is 5.32 Å². The van der Waals surface area contributed by atoms with Crippen LogP contribution in [-0.4, -0.2) is 4.98 Å². The average Bonchev–Trinajstić information content (AvgIpc) is 2.75. The van der Waals surface area contributed by atoms with Crippen LogP contribution in [0.15, 0.2) is 30.5 Å². The van der Waals surface area contributed by atoms with E-state index in [1.165, 1.54) is 15.3 Å². The molecule has 1 N–H and O–H groups in total. The molecule has 0 aliphatic rings. The van der Waals surface area contributed by atoms with Crippen molar-refractivity contribution in [1.29, 1.82) is 0 Å². The van der Waals surface area contributed by atoms with E-state index >= 15 is 0 Å². The Morgan fingerprint density at radius 2 is 2.06 bits per heavy atom. The molecule has 0 aliphatic heterocycles. The van der Waals surface area contributed by atoms with E-state index in [4.69, 9.17) is 0 Å². The number of hydrogen-bond donors (Lipinski definition) is 1. The summed E-state index contributed by atoms with van der Waals surface area (Å²) in [5.74, 6) is 0. The third-order valence-electron chi connectivity index (χ3n) is 2.77. The number of hydrogen-bond acceptors (Lipinski definition) is 3. The Labute approximate surface area is 107 Å². The molecule has 0 aromatic carbocycles. The standard InChI is InChI=1S/C14H18N2S/c1-10-4-6-13(8-15-10)9-16-12(3)14-7-5-11(2)17-14/h4-8,12,16H,9H2,1-3H3. The molecular weight excluding hydrogens is 228 g/mol. The van der Waals surface area contributed by atoms with Gasteiger partial charge in [0.25, 0.3) is 0 Å². The fourth-order valence-corrected chi connectivity index (χ4v) is 2.56. The Morgan fingerprint density at radius 3 is 2.65 bits per heavy atom. The molecule has 2 nitrogen and oxygen atoms in total. The molecule has 0 spiro atoms. The number of thiophene rings is 1. The Kier molecular flexibility index (Phi) is 3.92. The minimum Gasteiger partial charge on any atom is -0.305 e. The third kappa shape index (κ3) is 3.38. The van der Waals surface area contributed by atoms with E-state index in [-0.39, 0.29) is 0 Å². The van der Waals surface area contributed by atoms with Gasteiger partial charge in [0.2, 0.25) is 0 Å². The van der Waals surface area contributed by atoms with E-state index in [0.29, 0.717) is 6.04 Å². The van der Waals surface area contributed by atoms with E-state index in [1.807, 2.05) is 24.5 Å². The molecule has 1 unspecified atom stereocenters. The highest BCUT2D eigenvalue weighted by molar-refractivity contribution is 7.12. The first-order valence-electron chi connectivity index (χ1n) is 5.86. The summed E-state index contributed by atoms with van der Waals surface area (Å²) in [6.45, 7) is 7.22. The molecule has 2 aromatic rings. The number of nitrogens with one attached hydrogen (secondary N) is 1. The van der Waals surface area contributed by atoms with Gasteiger partial charge >= 0.3 is 0 Å². The fourth-order valence-electron chi connectivity index (χ4n) is 1.66. The Hall–Kier alpha value is -1.19. The van der Waals surface area contributed by atoms with Crippen molar-refractivity contribution in [3.8, 4) is 0 Å². The number of rotatable bonds is 4. The predicted octanol–water partition coefficient (Wildman–Crippen LogP) is 3.61. The van der Waals surface area contributed by atoms with Gasteiger partial charge in [-0.05, 0) is 44.5 Å². The van der Waals surface area contributed by atoms with Crippen molar-refractivity contribution in [3.63, 3.8) is 0 Å². The molecule has 2 rings (SSSR count). The van der Waals surface area contributed by atoms with Crippen molar-refractivity contribution >= 4 is 11.3 Å². The SMILES string of the molecule is Cc1ccc(CNC(C)c2ccc(C)s2)cn1. The zero-order valence-electron chi connectivity index (χ0n) is 10.5. The largest absolute Gasteiger partial charge is 0.305 e. The normalized spacial score (nSPS) is 12.6. The van der Waals surface area contributed by atoms with E-state index in [2.05, 4.69) is 48.4 Å². The van der Waals surface area contributed by atoms with Crippen LogP contribution in [0, 0.1) is 13.8 Å². The first-order valence-corrected chi connectivity index (χ1v) is 6.68. The lowest BCUT2D eigenvalue weighted by Crippen LogP contribution is -2.17. The molecule has 17 heavy (non-hydrogen) atoms. The Bertz CT molecular complexity index is 473. The number of nitrogens with zero attached hydrogens (tertiary/aromatic N) is 1. The molecule has 90 valence electrons. The van der Waals surface area contributed by atoms with E-state index in [0.717, 1.165) is 12.2 Å². The maximum absolute atomic E-state index is 4.30. The van der Waals surface area contributed by atoms with Crippen molar-refractivity contribution in [2.24, 2.45) is 0 Å². The predicted molar refractivity (Wildman–Crippen MR) is 73.3 cm³/mol. The monoisotopic (exact) mass is 246 g/mol. The smallest absolute Gasteiger partial charge is 0.0388 e. The maximum atomic E-state index is 4.30. The molecule has 0 radical (unpaired) electrons. The summed E-state index contributed by atoms with van der Waals surface area (Å²) in [5, 5.41) is 3.52. The first-order chi connectivity index (χ1) is 8.15. The molecule has 1 atom stereocenters. The second-order valence-corrected chi connectivity index (χ2v) is 5.68. The summed E-state index contributed by atoms with van der Waals surface area (Å²) in [7, 11) is 0. The zero-order chi connectivity index (χ0) is 12.3. The van der Waals surface area contributed by atoms with Crippen LogP contribution in [0.25, 0.3) is 0 Å². The summed E-state index contributed by atoms with van der Waals surface area (Å²) in [4.78, 5) is 7.05. The van der Waals surface area contributed by atoms with Gasteiger partial charge in [0.1, 0.15) is 0 Å². The Balaban J connectivity index is 1.92. The Morgan fingerprint density at radius 1 is 1.24 bits per heavy atom. The van der Waals surface area contributed by atoms with Crippen molar-refractivity contribution in [3.05, 3.63) is 51.5 Å². The quantitative estimate of drug-likeness (QED) is 0.891. The van der Waals surface area contributed by atoms with E-state index in [1.54, 1.807) is 0 Å². The molecule has 2 aromatic heterocycles. The molecule has 0 aliphatic carbocycles. The third-order valence-corrected chi connectivity index (χ3v) is 3.96. The molecule has 2 heterocycles. The lowest BCUT2D eigenvalue weighted by Gasteiger charge is -2.11. The van der Waals surface area contributed by atoms with Crippen LogP contribution in [0.4, 0.5) is 0 Å². The molecular formula is C14H18N2S. The molecule has 0 bridgehead atoms. The highest BCUT2D eigenvalue weighted by Gasteiger charge is 2.06. The van der Waals surface area contributed by atoms with Crippen LogP contribution in [0.2, 0.25) is 0 Å². The van der Waals surface area contributed by atoms with E-state index in [9.17, 15) is 0 Å². The van der Waals surface area contributed by atoms with E-state index < -0.39 is 0 Å². The van der Waals surface area contributed by atoms with Gasteiger partial charge in [-0.1, -0.05) is 6.07 Å². The molecule has 0 amide bonds. The number of aryl methyl sites for hydroxylation is 2. The average molecular weight is 246 g/mol. The van der Waals surface area contributed by atoms with Gasteiger partial charge in [-0.3, -0.25) is 4.98 Å². The van der Waals surface area contributed by atoms with Gasteiger partial charge in [0.15, 0.2) is 0 Å². The van der Waals surface area contributed by atoms with Crippen LogP contribution < -0.4 is 5.32 Å². The summed E-state index contributed by atoms with van der Waals surface area (Å²) < 4.78 is 0. The lowest BCUT2D eigenvalue weighted by atomic mass is 10.2. The van der Waals surface area contributed by atoms with Crippen molar-refractivity contribution in [1.82, 2.24) is 10.3 Å². The molecule has 0 fully saturated rings. The van der Waals surface area contributed by atoms with Crippen molar-refractivity contribution in [2.45, 2.75) is 33.4 Å². The van der Waals surface area contributed by atoms with Gasteiger partial charge in [-0.15, -0.1) is 11.3 Å². The number of aromatic nitrogens is 1. The van der Waals surface area contributed by atoms with Crippen LogP contribution in [0.3, 0.4) is 0 Å². The number of pyridine rings is 1. The zero-order valence-corrected chi connectivity index (χ0v) is 11.3. The minimum absolute atomic E-state index is 0.398. The highest BCUT2D eigenvalue weighted by Crippen LogP contribution is 2.22. The van der Waals surface area contributed by atoms with Crippen molar-refractivity contribution in [2.75, 3.05) is 0 Å². The fraction of sp³-hybridized carbons (Fsp3) is 0.357. The summed E-state index contributed by atoms with van der Waals surface area (Å²) in [6.07, 6.45) is 1.94. The summed E-state index contributed by atoms with van der Waals surface area (Å²) >= 11 is 1.86. The highest BCUT2D eigenvalue weighted by atomic mass is 32.1. The lowest BCUT2D eigenvalue weighted by molar-refractivity contribution is 0.582. The second kappa shape index (κ2) is 5.43. The van der Waals surface area contributed by atoms with Crippen molar-refractivity contribution < 1.29 is 0 Å². The van der Waals surface area contributed by atoms with Gasteiger partial charge in [0, 0.05) is 34.2 Å². The van der Waals surface area contributed by atoms with Crippen LogP contribution in [-0.2, 0) is 6.54 Å². The van der Waals surface area contributed by atoms with Gasteiger partial charge in [-0.2, -0.15) is 0 Å². The minimum atomic E-state index is 0.398.